The average Bonchev–Trinajstić information content (AvgIpc) is 3.01. The first-order chi connectivity index (χ1) is 21.8. The zero-order valence-electron chi connectivity index (χ0n) is 29.0. The van der Waals surface area contributed by atoms with Crippen LogP contribution in [0.15, 0.2) is 36.5 Å². The van der Waals surface area contributed by atoms with Crippen LogP contribution in [-0.2, 0) is 19.1 Å². The smallest absolute Gasteiger partial charge is 0.305 e. The van der Waals surface area contributed by atoms with Crippen LogP contribution in [0.5, 0.6) is 0 Å². The van der Waals surface area contributed by atoms with Gasteiger partial charge in [-0.2, -0.15) is 0 Å². The SMILES string of the molecule is CCCCC/C=C\C/C=C\C/C=C\CC(O)C(O)CCCC(=O)OC[C@@H](O)COC(=O)CCCCCCCCCCCC(C)C. The Hall–Kier alpha value is -1.96. The third-order valence-corrected chi connectivity index (χ3v) is 7.76. The quantitative estimate of drug-likeness (QED) is 0.0396. The van der Waals surface area contributed by atoms with Gasteiger partial charge in [0, 0.05) is 12.8 Å². The van der Waals surface area contributed by atoms with E-state index in [0.29, 0.717) is 19.3 Å². The lowest BCUT2D eigenvalue weighted by atomic mass is 10.0. The van der Waals surface area contributed by atoms with Crippen molar-refractivity contribution in [2.75, 3.05) is 13.2 Å². The molecular formula is C38H68O7. The van der Waals surface area contributed by atoms with Crippen LogP contribution < -0.4 is 0 Å². The van der Waals surface area contributed by atoms with Crippen molar-refractivity contribution >= 4 is 11.9 Å². The Morgan fingerprint density at radius 1 is 0.578 bits per heavy atom. The number of rotatable bonds is 31. The van der Waals surface area contributed by atoms with Crippen molar-refractivity contribution < 1.29 is 34.4 Å². The maximum Gasteiger partial charge on any atom is 0.305 e. The van der Waals surface area contributed by atoms with Gasteiger partial charge in [0.2, 0.25) is 0 Å². The molecule has 45 heavy (non-hydrogen) atoms. The predicted octanol–water partition coefficient (Wildman–Crippen LogP) is 8.69. The highest BCUT2D eigenvalue weighted by Crippen LogP contribution is 2.14. The summed E-state index contributed by atoms with van der Waals surface area (Å²) in [4.78, 5) is 23.9. The number of hydrogen-bond acceptors (Lipinski definition) is 7. The lowest BCUT2D eigenvalue weighted by molar-refractivity contribution is -0.152. The molecule has 0 bridgehead atoms. The number of unbranched alkanes of at least 4 members (excludes halogenated alkanes) is 11. The van der Waals surface area contributed by atoms with Crippen LogP contribution in [0.3, 0.4) is 0 Å². The summed E-state index contributed by atoms with van der Waals surface area (Å²) in [5.41, 5.74) is 0. The zero-order chi connectivity index (χ0) is 33.4. The summed E-state index contributed by atoms with van der Waals surface area (Å²) in [6.07, 6.45) is 29.6. The fraction of sp³-hybridized carbons (Fsp3) is 0.789. The largest absolute Gasteiger partial charge is 0.463 e. The molecule has 0 aromatic heterocycles. The molecule has 0 saturated carbocycles. The van der Waals surface area contributed by atoms with E-state index < -0.39 is 24.3 Å². The lowest BCUT2D eigenvalue weighted by Crippen LogP contribution is -2.26. The third-order valence-electron chi connectivity index (χ3n) is 7.76. The zero-order valence-corrected chi connectivity index (χ0v) is 29.0. The summed E-state index contributed by atoms with van der Waals surface area (Å²) in [5.74, 6) is -0.0406. The van der Waals surface area contributed by atoms with Gasteiger partial charge in [-0.15, -0.1) is 0 Å². The van der Waals surface area contributed by atoms with Crippen LogP contribution in [0.2, 0.25) is 0 Å². The molecule has 0 rings (SSSR count). The highest BCUT2D eigenvalue weighted by molar-refractivity contribution is 5.69. The second-order valence-electron chi connectivity index (χ2n) is 12.8. The van der Waals surface area contributed by atoms with Crippen LogP contribution in [0.25, 0.3) is 0 Å². The molecule has 2 unspecified atom stereocenters. The van der Waals surface area contributed by atoms with Gasteiger partial charge in [-0.1, -0.05) is 128 Å². The Labute approximate surface area is 275 Å². The minimum atomic E-state index is -1.07. The number of aliphatic hydroxyl groups is 3. The van der Waals surface area contributed by atoms with E-state index in [0.717, 1.165) is 44.4 Å². The van der Waals surface area contributed by atoms with Gasteiger partial charge in [-0.25, -0.2) is 0 Å². The average molecular weight is 637 g/mol. The first-order valence-corrected chi connectivity index (χ1v) is 18.1. The van der Waals surface area contributed by atoms with Gasteiger partial charge in [0.05, 0.1) is 12.2 Å². The Morgan fingerprint density at radius 3 is 1.67 bits per heavy atom. The maximum absolute atomic E-state index is 12.0. The monoisotopic (exact) mass is 636 g/mol. The van der Waals surface area contributed by atoms with Crippen LogP contribution in [0.4, 0.5) is 0 Å². The van der Waals surface area contributed by atoms with Gasteiger partial charge < -0.3 is 24.8 Å². The second kappa shape index (κ2) is 32.0. The Bertz CT molecular complexity index is 774. The van der Waals surface area contributed by atoms with E-state index in [2.05, 4.69) is 45.1 Å². The molecule has 7 nitrogen and oxygen atoms in total. The van der Waals surface area contributed by atoms with Gasteiger partial charge in [0.1, 0.15) is 19.3 Å². The minimum absolute atomic E-state index is 0.0715. The summed E-state index contributed by atoms with van der Waals surface area (Å²) >= 11 is 0. The number of allylic oxidation sites excluding steroid dienone is 5. The lowest BCUT2D eigenvalue weighted by Gasteiger charge is -2.16. The van der Waals surface area contributed by atoms with Crippen molar-refractivity contribution in [2.24, 2.45) is 5.92 Å². The summed E-state index contributed by atoms with van der Waals surface area (Å²) in [6, 6.07) is 0. The Kier molecular flexibility index (Phi) is 30.6. The molecule has 0 aliphatic rings. The number of ether oxygens (including phenoxy) is 2. The first-order valence-electron chi connectivity index (χ1n) is 18.1. The van der Waals surface area contributed by atoms with Crippen molar-refractivity contribution in [1.82, 2.24) is 0 Å². The van der Waals surface area contributed by atoms with Crippen molar-refractivity contribution in [3.8, 4) is 0 Å². The summed E-state index contributed by atoms with van der Waals surface area (Å²) < 4.78 is 10.2. The van der Waals surface area contributed by atoms with Gasteiger partial charge in [-0.05, 0) is 57.3 Å². The minimum Gasteiger partial charge on any atom is -0.463 e. The number of hydrogen-bond donors (Lipinski definition) is 3. The van der Waals surface area contributed by atoms with E-state index in [9.17, 15) is 24.9 Å². The number of carbonyl (C=O) groups excluding carboxylic acids is 2. The molecule has 7 heteroatoms. The Balaban J connectivity index is 3.73. The van der Waals surface area contributed by atoms with E-state index in [1.165, 1.54) is 64.2 Å². The summed E-state index contributed by atoms with van der Waals surface area (Å²) in [5, 5.41) is 30.3. The molecule has 0 fully saturated rings. The molecule has 0 saturated heterocycles. The fourth-order valence-corrected chi connectivity index (χ4v) is 4.84. The standard InChI is InChI=1S/C38H68O7/c1-4-5-6-7-8-9-10-11-14-17-20-23-27-35(40)36(41)28-25-30-38(43)45-32-34(39)31-44-37(42)29-24-21-18-15-12-13-16-19-22-26-33(2)3/h8-9,11,14,20,23,33-36,39-41H,4-7,10,12-13,15-19,21-22,24-32H2,1-3H3/b9-8-,14-11-,23-20-/t34-,35?,36?/m0/s1. The van der Waals surface area contributed by atoms with Gasteiger partial charge in [-0.3, -0.25) is 9.59 Å². The molecule has 3 N–H and O–H groups in total. The van der Waals surface area contributed by atoms with E-state index in [1.807, 2.05) is 12.2 Å². The van der Waals surface area contributed by atoms with Crippen LogP contribution in [-0.4, -0.2) is 58.8 Å². The van der Waals surface area contributed by atoms with E-state index in [4.69, 9.17) is 9.47 Å². The number of esters is 2. The highest BCUT2D eigenvalue weighted by Gasteiger charge is 2.16. The molecule has 0 spiro atoms. The van der Waals surface area contributed by atoms with Crippen LogP contribution in [0, 0.1) is 5.92 Å². The van der Waals surface area contributed by atoms with Crippen molar-refractivity contribution in [2.45, 2.75) is 174 Å². The number of carbonyl (C=O) groups is 2. The summed E-state index contributed by atoms with van der Waals surface area (Å²) in [7, 11) is 0. The maximum atomic E-state index is 12.0. The predicted molar refractivity (Wildman–Crippen MR) is 185 cm³/mol. The van der Waals surface area contributed by atoms with Crippen molar-refractivity contribution in [3.05, 3.63) is 36.5 Å². The summed E-state index contributed by atoms with van der Waals surface area (Å²) in [6.45, 7) is 6.31. The van der Waals surface area contributed by atoms with E-state index in [-0.39, 0.29) is 32.0 Å². The number of aliphatic hydroxyl groups excluding tert-OH is 3. The molecule has 0 heterocycles. The third kappa shape index (κ3) is 31.8. The van der Waals surface area contributed by atoms with E-state index in [1.54, 1.807) is 0 Å². The molecule has 0 radical (unpaired) electrons. The highest BCUT2D eigenvalue weighted by atomic mass is 16.6. The van der Waals surface area contributed by atoms with Gasteiger partial charge in [0.15, 0.2) is 0 Å². The van der Waals surface area contributed by atoms with E-state index >= 15 is 0 Å². The molecule has 0 aromatic carbocycles. The van der Waals surface area contributed by atoms with Gasteiger partial charge in [0.25, 0.3) is 0 Å². The normalized spacial score (nSPS) is 14.1. The molecule has 262 valence electrons. The van der Waals surface area contributed by atoms with Crippen LogP contribution in [0.1, 0.15) is 156 Å². The topological polar surface area (TPSA) is 113 Å². The van der Waals surface area contributed by atoms with Gasteiger partial charge >= 0.3 is 11.9 Å². The van der Waals surface area contributed by atoms with Crippen LogP contribution >= 0.6 is 0 Å². The van der Waals surface area contributed by atoms with Crippen molar-refractivity contribution in [3.63, 3.8) is 0 Å². The molecule has 3 atom stereocenters. The Morgan fingerprint density at radius 2 is 1.09 bits per heavy atom. The first kappa shape index (κ1) is 43.0. The fourth-order valence-electron chi connectivity index (χ4n) is 4.84. The second-order valence-corrected chi connectivity index (χ2v) is 12.8. The van der Waals surface area contributed by atoms with Crippen molar-refractivity contribution in [1.29, 1.82) is 0 Å². The molecule has 0 amide bonds. The molecule has 0 aliphatic carbocycles. The molecule has 0 aliphatic heterocycles. The molecular weight excluding hydrogens is 568 g/mol. The molecule has 0 aromatic rings.